The molecule has 0 saturated carbocycles. The van der Waals surface area contributed by atoms with Crippen LogP contribution in [0.25, 0.3) is 0 Å². The summed E-state index contributed by atoms with van der Waals surface area (Å²) in [6.45, 7) is 8.83. The fraction of sp³-hybridized carbons (Fsp3) is 0.667. The quantitative estimate of drug-likeness (QED) is 0.834. The van der Waals surface area contributed by atoms with E-state index in [-0.39, 0.29) is 6.10 Å². The molecule has 5 nitrogen and oxygen atoms in total. The molecule has 1 aliphatic heterocycles. The van der Waals surface area contributed by atoms with E-state index in [1.54, 1.807) is 0 Å². The van der Waals surface area contributed by atoms with Crippen molar-refractivity contribution in [3.05, 3.63) is 17.6 Å². The van der Waals surface area contributed by atoms with Crippen LogP contribution in [0, 0.1) is 6.92 Å². The Labute approximate surface area is 102 Å². The highest BCUT2D eigenvalue weighted by Crippen LogP contribution is 2.22. The minimum Gasteiger partial charge on any atom is -0.384 e. The predicted octanol–water partition coefficient (Wildman–Crippen LogP) is 1.15. The Bertz CT molecular complexity index is 374. The normalized spacial score (nSPS) is 22.0. The molecule has 2 rings (SSSR count). The molecule has 2 heterocycles. The number of rotatable bonds is 2. The summed E-state index contributed by atoms with van der Waals surface area (Å²) in [5.41, 5.74) is 6.63. The molecule has 2 N–H and O–H groups in total. The molecule has 0 radical (unpaired) electrons. The fourth-order valence-corrected chi connectivity index (χ4v) is 2.10. The summed E-state index contributed by atoms with van der Waals surface area (Å²) >= 11 is 0. The van der Waals surface area contributed by atoms with Crippen molar-refractivity contribution in [3.63, 3.8) is 0 Å². The van der Waals surface area contributed by atoms with Gasteiger partial charge in [-0.15, -0.1) is 0 Å². The van der Waals surface area contributed by atoms with Crippen molar-refractivity contribution in [2.24, 2.45) is 0 Å². The van der Waals surface area contributed by atoms with E-state index in [1.165, 1.54) is 0 Å². The highest BCUT2D eigenvalue weighted by atomic mass is 16.5. The van der Waals surface area contributed by atoms with Crippen LogP contribution in [-0.4, -0.2) is 40.6 Å². The third-order valence-electron chi connectivity index (χ3n) is 3.04. The predicted molar refractivity (Wildman–Crippen MR) is 66.6 cm³/mol. The third-order valence-corrected chi connectivity index (χ3v) is 3.04. The molecular formula is C12H20N4O. The zero-order valence-corrected chi connectivity index (χ0v) is 10.7. The highest BCUT2D eigenvalue weighted by molar-refractivity contribution is 5.30. The Morgan fingerprint density at radius 2 is 2.24 bits per heavy atom. The highest BCUT2D eigenvalue weighted by Gasteiger charge is 2.24. The molecule has 0 aromatic carbocycles. The van der Waals surface area contributed by atoms with Gasteiger partial charge in [-0.25, -0.2) is 9.97 Å². The van der Waals surface area contributed by atoms with Crippen LogP contribution in [0.1, 0.15) is 31.5 Å². The number of nitrogen functional groups attached to an aromatic ring is 1. The lowest BCUT2D eigenvalue weighted by atomic mass is 10.1. The summed E-state index contributed by atoms with van der Waals surface area (Å²) in [5, 5.41) is 0. The largest absolute Gasteiger partial charge is 0.384 e. The van der Waals surface area contributed by atoms with Gasteiger partial charge in [0.25, 0.3) is 0 Å². The number of nitrogens with two attached hydrogens (primary N) is 1. The van der Waals surface area contributed by atoms with E-state index in [0.717, 1.165) is 25.4 Å². The second-order valence-electron chi connectivity index (χ2n) is 4.71. The Balaban J connectivity index is 2.16. The van der Waals surface area contributed by atoms with E-state index in [1.807, 2.05) is 13.0 Å². The lowest BCUT2D eigenvalue weighted by Crippen LogP contribution is -2.42. The minimum atomic E-state index is 0.00940. The summed E-state index contributed by atoms with van der Waals surface area (Å²) in [7, 11) is 0. The van der Waals surface area contributed by atoms with E-state index < -0.39 is 0 Å². The lowest BCUT2D eigenvalue weighted by Gasteiger charge is -2.35. The van der Waals surface area contributed by atoms with Gasteiger partial charge in [0.05, 0.1) is 12.3 Å². The van der Waals surface area contributed by atoms with Crippen LogP contribution in [-0.2, 0) is 4.74 Å². The summed E-state index contributed by atoms with van der Waals surface area (Å²) < 4.78 is 5.77. The first kappa shape index (κ1) is 12.3. The zero-order valence-electron chi connectivity index (χ0n) is 10.7. The summed E-state index contributed by atoms with van der Waals surface area (Å²) in [5.74, 6) is 1.21. The maximum Gasteiger partial charge on any atom is 0.128 e. The molecule has 17 heavy (non-hydrogen) atoms. The number of hydrogen-bond donors (Lipinski definition) is 1. The molecule has 0 amide bonds. The van der Waals surface area contributed by atoms with Crippen LogP contribution in [0.4, 0.5) is 5.82 Å². The van der Waals surface area contributed by atoms with Gasteiger partial charge >= 0.3 is 0 Å². The van der Waals surface area contributed by atoms with Crippen molar-refractivity contribution >= 4 is 5.82 Å². The second kappa shape index (κ2) is 4.98. The van der Waals surface area contributed by atoms with E-state index in [2.05, 4.69) is 28.7 Å². The smallest absolute Gasteiger partial charge is 0.128 e. The molecule has 1 aliphatic rings. The number of ether oxygens (including phenoxy) is 1. The third kappa shape index (κ3) is 2.92. The fourth-order valence-electron chi connectivity index (χ4n) is 2.10. The van der Waals surface area contributed by atoms with Gasteiger partial charge in [0.15, 0.2) is 0 Å². The van der Waals surface area contributed by atoms with Gasteiger partial charge in [-0.1, -0.05) is 0 Å². The van der Waals surface area contributed by atoms with Gasteiger partial charge in [0, 0.05) is 25.2 Å². The molecule has 0 spiro atoms. The van der Waals surface area contributed by atoms with Crippen LogP contribution < -0.4 is 5.73 Å². The average Bonchev–Trinajstić information content (AvgIpc) is 2.28. The molecule has 94 valence electrons. The van der Waals surface area contributed by atoms with Crippen molar-refractivity contribution < 1.29 is 4.74 Å². The van der Waals surface area contributed by atoms with Gasteiger partial charge in [0.2, 0.25) is 0 Å². The van der Waals surface area contributed by atoms with Crippen LogP contribution in [0.2, 0.25) is 0 Å². The number of aromatic nitrogens is 2. The first-order chi connectivity index (χ1) is 8.06. The second-order valence-corrected chi connectivity index (χ2v) is 4.71. The molecule has 1 aromatic heterocycles. The van der Waals surface area contributed by atoms with E-state index in [0.29, 0.717) is 17.7 Å². The van der Waals surface area contributed by atoms with Crippen molar-refractivity contribution in [3.8, 4) is 0 Å². The van der Waals surface area contributed by atoms with Crippen molar-refractivity contribution in [1.29, 1.82) is 0 Å². The van der Waals surface area contributed by atoms with E-state index in [4.69, 9.17) is 10.5 Å². The first-order valence-electron chi connectivity index (χ1n) is 6.03. The lowest BCUT2D eigenvalue weighted by molar-refractivity contribution is -0.0422. The van der Waals surface area contributed by atoms with Gasteiger partial charge in [-0.2, -0.15) is 0 Å². The van der Waals surface area contributed by atoms with Gasteiger partial charge in [0.1, 0.15) is 17.7 Å². The topological polar surface area (TPSA) is 64.3 Å². The number of nitrogens with zero attached hydrogens (tertiary/aromatic N) is 3. The maximum atomic E-state index is 5.77. The standard InChI is InChI=1S/C12H20N4O/c1-8(2)16-4-5-17-11(7-16)10-6-12(13)15-9(3)14-10/h6,8,11H,4-5,7H2,1-3H3,(H2,13,14,15). The number of anilines is 1. The van der Waals surface area contributed by atoms with Crippen LogP contribution in [0.5, 0.6) is 0 Å². The van der Waals surface area contributed by atoms with Gasteiger partial charge < -0.3 is 10.5 Å². The minimum absolute atomic E-state index is 0.00940. The van der Waals surface area contributed by atoms with Gasteiger partial charge in [-0.3, -0.25) is 4.90 Å². The van der Waals surface area contributed by atoms with Crippen LogP contribution in [0.15, 0.2) is 6.07 Å². The van der Waals surface area contributed by atoms with Crippen molar-refractivity contribution in [1.82, 2.24) is 14.9 Å². The van der Waals surface area contributed by atoms with Gasteiger partial charge in [-0.05, 0) is 20.8 Å². The molecular weight excluding hydrogens is 216 g/mol. The van der Waals surface area contributed by atoms with Crippen molar-refractivity contribution in [2.45, 2.75) is 32.9 Å². The molecule has 1 saturated heterocycles. The number of hydrogen-bond acceptors (Lipinski definition) is 5. The monoisotopic (exact) mass is 236 g/mol. The molecule has 5 heteroatoms. The Hall–Kier alpha value is -1.20. The Morgan fingerprint density at radius 3 is 2.88 bits per heavy atom. The summed E-state index contributed by atoms with van der Waals surface area (Å²) in [6.07, 6.45) is 0.00940. The summed E-state index contributed by atoms with van der Waals surface area (Å²) in [6, 6.07) is 2.34. The molecule has 0 aliphatic carbocycles. The average molecular weight is 236 g/mol. The van der Waals surface area contributed by atoms with Crippen molar-refractivity contribution in [2.75, 3.05) is 25.4 Å². The SMILES string of the molecule is Cc1nc(N)cc(C2CN(C(C)C)CCO2)n1. The first-order valence-corrected chi connectivity index (χ1v) is 6.03. The molecule has 1 unspecified atom stereocenters. The Morgan fingerprint density at radius 1 is 1.47 bits per heavy atom. The van der Waals surface area contributed by atoms with Crippen LogP contribution >= 0.6 is 0 Å². The zero-order chi connectivity index (χ0) is 12.4. The molecule has 1 aromatic rings. The number of aryl methyl sites for hydroxylation is 1. The van der Waals surface area contributed by atoms with E-state index in [9.17, 15) is 0 Å². The van der Waals surface area contributed by atoms with Crippen LogP contribution in [0.3, 0.4) is 0 Å². The molecule has 1 atom stereocenters. The van der Waals surface area contributed by atoms with E-state index >= 15 is 0 Å². The molecule has 1 fully saturated rings. The Kier molecular flexibility index (Phi) is 3.59. The maximum absolute atomic E-state index is 5.77. The summed E-state index contributed by atoms with van der Waals surface area (Å²) in [4.78, 5) is 10.9. The molecule has 0 bridgehead atoms. The number of morpholine rings is 1.